The molecule has 1 aromatic heterocycles. The molecule has 0 aliphatic carbocycles. The number of nitrogen functional groups attached to an aromatic ring is 1. The van der Waals surface area contributed by atoms with Crippen molar-refractivity contribution in [2.75, 3.05) is 5.73 Å². The van der Waals surface area contributed by atoms with Crippen molar-refractivity contribution in [1.82, 2.24) is 4.98 Å². The molecule has 0 aliphatic rings. The molecule has 0 aliphatic heterocycles. The van der Waals surface area contributed by atoms with Crippen molar-refractivity contribution in [2.45, 2.75) is 0 Å². The maximum atomic E-state index is 13.4. The van der Waals surface area contributed by atoms with Gasteiger partial charge < -0.3 is 5.73 Å². The first-order valence-corrected chi connectivity index (χ1v) is 4.34. The molecule has 0 saturated carbocycles. The highest BCUT2D eigenvalue weighted by atomic mass is 19.1. The third-order valence-electron chi connectivity index (χ3n) is 2.02. The fourth-order valence-corrected chi connectivity index (χ4v) is 1.33. The molecule has 0 amide bonds. The van der Waals surface area contributed by atoms with E-state index in [1.165, 1.54) is 12.3 Å². The summed E-state index contributed by atoms with van der Waals surface area (Å²) in [6.07, 6.45) is 1.45. The monoisotopic (exact) mass is 206 g/mol. The molecule has 2 rings (SSSR count). The molecule has 15 heavy (non-hydrogen) atoms. The zero-order chi connectivity index (χ0) is 10.8. The number of hydrogen-bond donors (Lipinski definition) is 1. The number of halogens is 2. The molecule has 0 radical (unpaired) electrons. The molecule has 0 fully saturated rings. The van der Waals surface area contributed by atoms with Gasteiger partial charge in [0.05, 0.1) is 0 Å². The predicted octanol–water partition coefficient (Wildman–Crippen LogP) is 2.61. The van der Waals surface area contributed by atoms with Gasteiger partial charge in [-0.15, -0.1) is 0 Å². The maximum absolute atomic E-state index is 13.4. The van der Waals surface area contributed by atoms with Gasteiger partial charge in [-0.3, -0.25) is 0 Å². The molecule has 0 saturated heterocycles. The van der Waals surface area contributed by atoms with Crippen LogP contribution in [0.3, 0.4) is 0 Å². The molecule has 0 spiro atoms. The van der Waals surface area contributed by atoms with Gasteiger partial charge >= 0.3 is 0 Å². The van der Waals surface area contributed by atoms with Crippen LogP contribution in [-0.4, -0.2) is 4.98 Å². The topological polar surface area (TPSA) is 38.9 Å². The number of hydrogen-bond acceptors (Lipinski definition) is 2. The number of anilines is 1. The summed E-state index contributed by atoms with van der Waals surface area (Å²) in [6.45, 7) is 0. The van der Waals surface area contributed by atoms with Crippen LogP contribution in [0, 0.1) is 11.6 Å². The highest BCUT2D eigenvalue weighted by molar-refractivity contribution is 5.66. The number of rotatable bonds is 1. The Morgan fingerprint density at radius 1 is 1.07 bits per heavy atom. The predicted molar refractivity (Wildman–Crippen MR) is 54.0 cm³/mol. The minimum Gasteiger partial charge on any atom is -0.384 e. The first-order chi connectivity index (χ1) is 7.16. The Morgan fingerprint density at radius 3 is 2.60 bits per heavy atom. The van der Waals surface area contributed by atoms with Gasteiger partial charge in [0.25, 0.3) is 0 Å². The van der Waals surface area contributed by atoms with E-state index >= 15 is 0 Å². The lowest BCUT2D eigenvalue weighted by Gasteiger charge is -2.03. The van der Waals surface area contributed by atoms with Crippen LogP contribution in [0.25, 0.3) is 11.1 Å². The van der Waals surface area contributed by atoms with E-state index in [2.05, 4.69) is 4.98 Å². The summed E-state index contributed by atoms with van der Waals surface area (Å²) in [7, 11) is 0. The standard InChI is InChI=1S/C11H8F2N2/c12-8-1-2-10(13)9(6-8)7-3-4-15-11(14)5-7/h1-6H,(H2,14,15). The van der Waals surface area contributed by atoms with Gasteiger partial charge in [-0.1, -0.05) is 0 Å². The summed E-state index contributed by atoms with van der Waals surface area (Å²) in [5.74, 6) is -0.694. The van der Waals surface area contributed by atoms with Crippen LogP contribution in [-0.2, 0) is 0 Å². The number of benzene rings is 1. The average molecular weight is 206 g/mol. The molecule has 0 unspecified atom stereocenters. The fourth-order valence-electron chi connectivity index (χ4n) is 1.33. The minimum absolute atomic E-state index is 0.184. The fraction of sp³-hybridized carbons (Fsp3) is 0. The maximum Gasteiger partial charge on any atom is 0.131 e. The Morgan fingerprint density at radius 2 is 1.87 bits per heavy atom. The van der Waals surface area contributed by atoms with Crippen LogP contribution in [0.1, 0.15) is 0 Å². The zero-order valence-corrected chi connectivity index (χ0v) is 7.74. The Labute approximate surface area is 85.4 Å². The second-order valence-electron chi connectivity index (χ2n) is 3.09. The number of nitrogens with zero attached hydrogens (tertiary/aromatic N) is 1. The second kappa shape index (κ2) is 3.65. The van der Waals surface area contributed by atoms with E-state index in [0.717, 1.165) is 18.2 Å². The molecular formula is C11H8F2N2. The van der Waals surface area contributed by atoms with Crippen LogP contribution in [0.5, 0.6) is 0 Å². The van der Waals surface area contributed by atoms with Gasteiger partial charge in [-0.2, -0.15) is 0 Å². The summed E-state index contributed by atoms with van der Waals surface area (Å²) in [4.78, 5) is 3.78. The van der Waals surface area contributed by atoms with E-state index in [4.69, 9.17) is 5.73 Å². The Balaban J connectivity index is 2.58. The van der Waals surface area contributed by atoms with Crippen molar-refractivity contribution in [3.63, 3.8) is 0 Å². The van der Waals surface area contributed by atoms with E-state index < -0.39 is 11.6 Å². The van der Waals surface area contributed by atoms with Gasteiger partial charge in [-0.25, -0.2) is 13.8 Å². The molecule has 2 nitrogen and oxygen atoms in total. The van der Waals surface area contributed by atoms with Crippen LogP contribution in [0.4, 0.5) is 14.6 Å². The highest BCUT2D eigenvalue weighted by Gasteiger charge is 2.06. The summed E-state index contributed by atoms with van der Waals surface area (Å²) in [5.41, 5.74) is 6.15. The Hall–Kier alpha value is -1.97. The van der Waals surface area contributed by atoms with E-state index in [-0.39, 0.29) is 11.4 Å². The van der Waals surface area contributed by atoms with Crippen molar-refractivity contribution < 1.29 is 8.78 Å². The van der Waals surface area contributed by atoms with Crippen LogP contribution in [0.15, 0.2) is 36.5 Å². The van der Waals surface area contributed by atoms with Crippen LogP contribution < -0.4 is 5.73 Å². The van der Waals surface area contributed by atoms with Gasteiger partial charge in [0.2, 0.25) is 0 Å². The SMILES string of the molecule is Nc1cc(-c2cc(F)ccc2F)ccn1. The van der Waals surface area contributed by atoms with Gasteiger partial charge in [0, 0.05) is 11.8 Å². The first kappa shape index (κ1) is 9.58. The minimum atomic E-state index is -0.484. The molecule has 76 valence electrons. The summed E-state index contributed by atoms with van der Waals surface area (Å²) >= 11 is 0. The van der Waals surface area contributed by atoms with Gasteiger partial charge in [0.15, 0.2) is 0 Å². The quantitative estimate of drug-likeness (QED) is 0.778. The molecule has 2 aromatic rings. The number of pyridine rings is 1. The van der Waals surface area contributed by atoms with Crippen LogP contribution >= 0.6 is 0 Å². The van der Waals surface area contributed by atoms with Crippen molar-refractivity contribution in [1.29, 1.82) is 0 Å². The van der Waals surface area contributed by atoms with Crippen molar-refractivity contribution in [3.8, 4) is 11.1 Å². The largest absolute Gasteiger partial charge is 0.384 e. The molecular weight excluding hydrogens is 198 g/mol. The Bertz CT molecular complexity index is 498. The summed E-state index contributed by atoms with van der Waals surface area (Å²) < 4.78 is 26.3. The van der Waals surface area contributed by atoms with E-state index in [0.29, 0.717) is 5.56 Å². The normalized spacial score (nSPS) is 10.3. The average Bonchev–Trinajstić information content (AvgIpc) is 2.22. The molecule has 1 heterocycles. The number of nitrogens with two attached hydrogens (primary N) is 1. The summed E-state index contributed by atoms with van der Waals surface area (Å²) in [6, 6.07) is 6.36. The highest BCUT2D eigenvalue weighted by Crippen LogP contribution is 2.24. The van der Waals surface area contributed by atoms with Crippen molar-refractivity contribution in [2.24, 2.45) is 0 Å². The third kappa shape index (κ3) is 1.93. The van der Waals surface area contributed by atoms with Gasteiger partial charge in [-0.05, 0) is 35.9 Å². The lowest BCUT2D eigenvalue weighted by atomic mass is 10.1. The lowest BCUT2D eigenvalue weighted by molar-refractivity contribution is 0.603. The zero-order valence-electron chi connectivity index (χ0n) is 7.74. The smallest absolute Gasteiger partial charge is 0.131 e. The van der Waals surface area contributed by atoms with Crippen LogP contribution in [0.2, 0.25) is 0 Å². The van der Waals surface area contributed by atoms with E-state index in [1.807, 2.05) is 0 Å². The second-order valence-corrected chi connectivity index (χ2v) is 3.09. The lowest BCUT2D eigenvalue weighted by Crippen LogP contribution is -1.91. The third-order valence-corrected chi connectivity index (χ3v) is 2.02. The molecule has 4 heteroatoms. The Kier molecular flexibility index (Phi) is 2.33. The first-order valence-electron chi connectivity index (χ1n) is 4.34. The molecule has 2 N–H and O–H groups in total. The van der Waals surface area contributed by atoms with Crippen molar-refractivity contribution in [3.05, 3.63) is 48.2 Å². The van der Waals surface area contributed by atoms with Gasteiger partial charge in [0.1, 0.15) is 17.5 Å². The number of aromatic nitrogens is 1. The molecule has 1 aromatic carbocycles. The molecule has 0 bridgehead atoms. The van der Waals surface area contributed by atoms with E-state index in [1.54, 1.807) is 6.07 Å². The van der Waals surface area contributed by atoms with E-state index in [9.17, 15) is 8.78 Å². The van der Waals surface area contributed by atoms with Crippen molar-refractivity contribution >= 4 is 5.82 Å². The molecule has 0 atom stereocenters. The summed E-state index contributed by atoms with van der Waals surface area (Å²) in [5, 5.41) is 0.